The number of nitrogens with zero attached hydrogens (tertiary/aromatic N) is 2. The van der Waals surface area contributed by atoms with Crippen molar-refractivity contribution in [1.82, 2.24) is 9.97 Å². The van der Waals surface area contributed by atoms with Crippen molar-refractivity contribution in [3.8, 4) is 5.88 Å². The van der Waals surface area contributed by atoms with Crippen LogP contribution in [0.3, 0.4) is 0 Å². The number of aliphatic carboxylic acids is 1. The van der Waals surface area contributed by atoms with E-state index in [1.54, 1.807) is 24.4 Å². The number of carboxylic acid groups (broad SMARTS) is 1. The normalized spacial score (nSPS) is 27.8. The van der Waals surface area contributed by atoms with Gasteiger partial charge in [0.15, 0.2) is 6.10 Å². The van der Waals surface area contributed by atoms with Crippen LogP contribution in [0.15, 0.2) is 24.4 Å². The molecule has 3 heterocycles. The number of aromatic nitrogens is 2. The lowest BCUT2D eigenvalue weighted by Gasteiger charge is -2.30. The van der Waals surface area contributed by atoms with Crippen molar-refractivity contribution in [2.24, 2.45) is 11.8 Å². The summed E-state index contributed by atoms with van der Waals surface area (Å²) in [7, 11) is 1.53. The number of carbonyl (C=O) groups is 2. The number of carbonyl (C=O) groups excluding carboxylic acids is 1. The van der Waals surface area contributed by atoms with Gasteiger partial charge in [0, 0.05) is 23.7 Å². The first-order chi connectivity index (χ1) is 13.1. The van der Waals surface area contributed by atoms with E-state index in [9.17, 15) is 14.7 Å². The minimum Gasteiger partial charge on any atom is -0.481 e. The molecule has 2 atom stereocenters. The van der Waals surface area contributed by atoms with Gasteiger partial charge in [0.05, 0.1) is 24.1 Å². The highest BCUT2D eigenvalue weighted by atomic mass is 16.8. The third-order valence-electron chi connectivity index (χ3n) is 5.44. The topological polar surface area (TPSA) is 108 Å². The molecule has 8 nitrogen and oxygen atoms in total. The molecule has 1 aliphatic heterocycles. The van der Waals surface area contributed by atoms with Gasteiger partial charge in [-0.15, -0.1) is 0 Å². The van der Waals surface area contributed by atoms with Crippen molar-refractivity contribution in [3.05, 3.63) is 30.0 Å². The Morgan fingerprint density at radius 3 is 2.67 bits per heavy atom. The van der Waals surface area contributed by atoms with E-state index in [0.29, 0.717) is 42.6 Å². The molecular formula is C19H20N2O6. The van der Waals surface area contributed by atoms with Crippen molar-refractivity contribution < 1.29 is 28.9 Å². The molecule has 142 valence electrons. The Balaban J connectivity index is 1.65. The number of ether oxygens (including phenoxy) is 3. The zero-order chi connectivity index (χ0) is 19.0. The van der Waals surface area contributed by atoms with Crippen LogP contribution in [0.2, 0.25) is 0 Å². The molecule has 1 saturated carbocycles. The van der Waals surface area contributed by atoms with Crippen molar-refractivity contribution in [3.63, 3.8) is 0 Å². The van der Waals surface area contributed by atoms with Gasteiger partial charge in [0.25, 0.3) is 0 Å². The zero-order valence-electron chi connectivity index (χ0n) is 14.8. The number of methoxy groups -OCH3 is 1. The summed E-state index contributed by atoms with van der Waals surface area (Å²) in [6.07, 6.45) is 2.37. The van der Waals surface area contributed by atoms with Gasteiger partial charge in [-0.25, -0.2) is 9.78 Å². The second kappa shape index (κ2) is 7.02. The van der Waals surface area contributed by atoms with Crippen LogP contribution in [0.5, 0.6) is 5.88 Å². The van der Waals surface area contributed by atoms with Crippen molar-refractivity contribution in [2.45, 2.75) is 37.9 Å². The number of pyridine rings is 2. The molecule has 4 rings (SSSR count). The monoisotopic (exact) mass is 372 g/mol. The molecule has 1 aliphatic carbocycles. The highest BCUT2D eigenvalue weighted by molar-refractivity contribution is 5.79. The fourth-order valence-corrected chi connectivity index (χ4v) is 4.02. The van der Waals surface area contributed by atoms with Crippen molar-refractivity contribution in [2.75, 3.05) is 7.11 Å². The number of cyclic esters (lactones) is 2. The van der Waals surface area contributed by atoms with E-state index in [0.717, 1.165) is 5.56 Å². The molecule has 2 fully saturated rings. The molecule has 0 radical (unpaired) electrons. The number of rotatable bonds is 4. The van der Waals surface area contributed by atoms with E-state index in [1.165, 1.54) is 7.11 Å². The van der Waals surface area contributed by atoms with E-state index in [2.05, 4.69) is 9.97 Å². The third kappa shape index (κ3) is 3.27. The lowest BCUT2D eigenvalue weighted by molar-refractivity contribution is -0.143. The summed E-state index contributed by atoms with van der Waals surface area (Å²) in [4.78, 5) is 31.9. The molecule has 0 bridgehead atoms. The van der Waals surface area contributed by atoms with E-state index < -0.39 is 24.3 Å². The third-order valence-corrected chi connectivity index (χ3v) is 5.44. The molecule has 0 unspecified atom stereocenters. The maximum atomic E-state index is 11.9. The minimum absolute atomic E-state index is 0.0471. The van der Waals surface area contributed by atoms with Crippen LogP contribution in [0.4, 0.5) is 4.79 Å². The Hall–Kier alpha value is -2.90. The number of hydrogen-bond acceptors (Lipinski definition) is 7. The summed E-state index contributed by atoms with van der Waals surface area (Å²) in [5.41, 5.74) is 1.99. The number of carboxylic acids is 1. The first-order valence-corrected chi connectivity index (χ1v) is 8.96. The summed E-state index contributed by atoms with van der Waals surface area (Å²) in [6.45, 7) is 0. The molecule has 1 saturated heterocycles. The maximum absolute atomic E-state index is 11.9. The Labute approximate surface area is 155 Å². The van der Waals surface area contributed by atoms with Crippen molar-refractivity contribution in [1.29, 1.82) is 0 Å². The smallest absolute Gasteiger partial charge is 0.481 e. The Kier molecular flexibility index (Phi) is 4.55. The predicted octanol–water partition coefficient (Wildman–Crippen LogP) is 3.11. The fraction of sp³-hybridized carbons (Fsp3) is 0.474. The van der Waals surface area contributed by atoms with Crippen LogP contribution in [0, 0.1) is 11.8 Å². The van der Waals surface area contributed by atoms with E-state index in [-0.39, 0.29) is 11.8 Å². The molecule has 1 N–H and O–H groups in total. The molecule has 2 aromatic rings. The minimum atomic E-state index is -0.763. The van der Waals surface area contributed by atoms with Gasteiger partial charge >= 0.3 is 12.1 Å². The van der Waals surface area contributed by atoms with Crippen molar-refractivity contribution >= 4 is 23.2 Å². The van der Waals surface area contributed by atoms with Crippen LogP contribution in [-0.4, -0.2) is 40.4 Å². The second-order valence-corrected chi connectivity index (χ2v) is 6.94. The lowest BCUT2D eigenvalue weighted by atomic mass is 9.77. The van der Waals surface area contributed by atoms with Gasteiger partial charge in [0.2, 0.25) is 5.88 Å². The standard InChI is InChI=1S/C19H20N2O6/c1-25-14-7-6-13-15(21-14)12(8-9-20-13)17-16(26-19(24)27-17)10-2-4-11(5-3-10)18(22)23/h6-11,16-17H,2-5H2,1H3,(H,22,23)/t10?,11?,16-,17-/m1/s1. The quantitative estimate of drug-likeness (QED) is 0.816. The van der Waals surface area contributed by atoms with Gasteiger partial charge in [-0.2, -0.15) is 0 Å². The molecule has 0 amide bonds. The first-order valence-electron chi connectivity index (χ1n) is 8.96. The first kappa shape index (κ1) is 17.5. The lowest BCUT2D eigenvalue weighted by Crippen LogP contribution is -2.31. The Morgan fingerprint density at radius 2 is 1.96 bits per heavy atom. The van der Waals surface area contributed by atoms with E-state index >= 15 is 0 Å². The van der Waals surface area contributed by atoms with Crippen LogP contribution < -0.4 is 4.74 Å². The van der Waals surface area contributed by atoms with Crippen LogP contribution in [-0.2, 0) is 14.3 Å². The SMILES string of the molecule is COc1ccc2nccc([C@H]3OC(=O)O[C@@H]3C3CCC(C(=O)O)CC3)c2n1. The van der Waals surface area contributed by atoms with Gasteiger partial charge in [-0.1, -0.05) is 0 Å². The highest BCUT2D eigenvalue weighted by Crippen LogP contribution is 2.42. The molecule has 2 aliphatic rings. The summed E-state index contributed by atoms with van der Waals surface area (Å²) in [5.74, 6) is -0.599. The number of fused-ring (bicyclic) bond motifs is 1. The van der Waals surface area contributed by atoms with Crippen LogP contribution >= 0.6 is 0 Å². The van der Waals surface area contributed by atoms with Crippen LogP contribution in [0.1, 0.15) is 37.4 Å². The fourth-order valence-electron chi connectivity index (χ4n) is 4.02. The van der Waals surface area contributed by atoms with Gasteiger partial charge in [0.1, 0.15) is 6.10 Å². The van der Waals surface area contributed by atoms with Gasteiger partial charge < -0.3 is 19.3 Å². The Bertz CT molecular complexity index is 878. The number of hydrogen-bond donors (Lipinski definition) is 1. The summed E-state index contributed by atoms with van der Waals surface area (Å²) in [6, 6.07) is 5.30. The summed E-state index contributed by atoms with van der Waals surface area (Å²) in [5, 5.41) is 9.19. The zero-order valence-corrected chi connectivity index (χ0v) is 14.8. The highest BCUT2D eigenvalue weighted by Gasteiger charge is 2.45. The molecule has 0 aromatic carbocycles. The molecule has 2 aromatic heterocycles. The van der Waals surface area contributed by atoms with E-state index in [1.807, 2.05) is 0 Å². The Morgan fingerprint density at radius 1 is 1.19 bits per heavy atom. The van der Waals surface area contributed by atoms with E-state index in [4.69, 9.17) is 14.2 Å². The molecule has 0 spiro atoms. The van der Waals surface area contributed by atoms with Gasteiger partial charge in [-0.3, -0.25) is 9.78 Å². The van der Waals surface area contributed by atoms with Gasteiger partial charge in [-0.05, 0) is 37.8 Å². The summed E-state index contributed by atoms with van der Waals surface area (Å²) >= 11 is 0. The average Bonchev–Trinajstić information content (AvgIpc) is 3.08. The summed E-state index contributed by atoms with van der Waals surface area (Å²) < 4.78 is 16.2. The largest absolute Gasteiger partial charge is 0.509 e. The van der Waals surface area contributed by atoms with Crippen LogP contribution in [0.25, 0.3) is 11.0 Å². The maximum Gasteiger partial charge on any atom is 0.509 e. The molecule has 8 heteroatoms. The molecular weight excluding hydrogens is 352 g/mol. The average molecular weight is 372 g/mol. The predicted molar refractivity (Wildman–Crippen MR) is 93.3 cm³/mol. The molecule has 27 heavy (non-hydrogen) atoms. The second-order valence-electron chi connectivity index (χ2n) is 6.94.